The second-order valence-corrected chi connectivity index (χ2v) is 7.01. The van der Waals surface area contributed by atoms with E-state index in [0.717, 1.165) is 12.8 Å². The molecule has 0 unspecified atom stereocenters. The second-order valence-electron chi connectivity index (χ2n) is 5.56. The fourth-order valence-corrected chi connectivity index (χ4v) is 3.93. The van der Waals surface area contributed by atoms with Crippen LogP contribution in [0.25, 0.3) is 0 Å². The third-order valence-electron chi connectivity index (χ3n) is 4.11. The van der Waals surface area contributed by atoms with E-state index < -0.39 is 0 Å². The molecule has 21 heavy (non-hydrogen) atoms. The lowest BCUT2D eigenvalue weighted by atomic mass is 9.92. The highest BCUT2D eigenvalue weighted by atomic mass is 32.2. The maximum absolute atomic E-state index is 2.29. The highest BCUT2D eigenvalue weighted by molar-refractivity contribution is 8.00. The first-order valence-electron chi connectivity index (χ1n) is 7.63. The van der Waals surface area contributed by atoms with Gasteiger partial charge in [0.25, 0.3) is 0 Å². The number of thioether (sulfide) groups is 1. The molecule has 112 valence electrons. The summed E-state index contributed by atoms with van der Waals surface area (Å²) in [5, 5.41) is 0. The van der Waals surface area contributed by atoms with Gasteiger partial charge in [0.1, 0.15) is 0 Å². The largest absolute Gasteiger partial charge is 0.378 e. The maximum atomic E-state index is 2.29. The molecule has 0 spiro atoms. The monoisotopic (exact) mass is 299 g/mol. The molecule has 0 radical (unpaired) electrons. The SMILES string of the molecule is CCC(CC)(Sc1ccccc1)c1ccc(N(C)C)cc1. The zero-order valence-corrected chi connectivity index (χ0v) is 14.3. The summed E-state index contributed by atoms with van der Waals surface area (Å²) in [6, 6.07) is 19.8. The molecular formula is C19H25NS. The Kier molecular flexibility index (Phi) is 5.35. The Morgan fingerprint density at radius 3 is 1.90 bits per heavy atom. The van der Waals surface area contributed by atoms with Crippen molar-refractivity contribution < 1.29 is 0 Å². The predicted molar refractivity (Wildman–Crippen MR) is 95.3 cm³/mol. The van der Waals surface area contributed by atoms with Crippen LogP contribution in [0.2, 0.25) is 0 Å². The molecule has 0 aliphatic heterocycles. The van der Waals surface area contributed by atoms with Crippen LogP contribution in [0.5, 0.6) is 0 Å². The van der Waals surface area contributed by atoms with Crippen LogP contribution in [-0.4, -0.2) is 14.1 Å². The van der Waals surface area contributed by atoms with Crippen LogP contribution in [0, 0.1) is 0 Å². The molecule has 0 atom stereocenters. The predicted octanol–water partition coefficient (Wildman–Crippen LogP) is 5.56. The minimum Gasteiger partial charge on any atom is -0.378 e. The van der Waals surface area contributed by atoms with Crippen molar-refractivity contribution in [1.29, 1.82) is 0 Å². The Morgan fingerprint density at radius 1 is 0.857 bits per heavy atom. The van der Waals surface area contributed by atoms with Gasteiger partial charge in [-0.15, -0.1) is 11.8 Å². The molecule has 0 saturated heterocycles. The van der Waals surface area contributed by atoms with Crippen molar-refractivity contribution in [3.05, 3.63) is 60.2 Å². The molecule has 0 aliphatic carbocycles. The number of rotatable bonds is 6. The summed E-state index contributed by atoms with van der Waals surface area (Å²) in [5.74, 6) is 0. The van der Waals surface area contributed by atoms with Gasteiger partial charge >= 0.3 is 0 Å². The van der Waals surface area contributed by atoms with E-state index in [1.165, 1.54) is 16.1 Å². The Bertz CT molecular complexity index is 542. The van der Waals surface area contributed by atoms with Gasteiger partial charge in [-0.3, -0.25) is 0 Å². The average molecular weight is 299 g/mol. The van der Waals surface area contributed by atoms with E-state index in [2.05, 4.69) is 87.4 Å². The molecule has 2 heteroatoms. The van der Waals surface area contributed by atoms with Crippen LogP contribution in [0.3, 0.4) is 0 Å². The second kappa shape index (κ2) is 7.04. The lowest BCUT2D eigenvalue weighted by molar-refractivity contribution is 0.579. The van der Waals surface area contributed by atoms with E-state index in [9.17, 15) is 0 Å². The summed E-state index contributed by atoms with van der Waals surface area (Å²) < 4.78 is 0.159. The van der Waals surface area contributed by atoms with Crippen molar-refractivity contribution >= 4 is 17.4 Å². The van der Waals surface area contributed by atoms with Gasteiger partial charge in [0.15, 0.2) is 0 Å². The quantitative estimate of drug-likeness (QED) is 0.642. The molecule has 0 heterocycles. The molecule has 0 amide bonds. The van der Waals surface area contributed by atoms with Crippen LogP contribution >= 0.6 is 11.8 Å². The molecule has 2 aromatic carbocycles. The van der Waals surface area contributed by atoms with Gasteiger partial charge in [-0.1, -0.05) is 44.2 Å². The van der Waals surface area contributed by atoms with Crippen LogP contribution in [0.4, 0.5) is 5.69 Å². The van der Waals surface area contributed by atoms with Crippen LogP contribution < -0.4 is 4.90 Å². The van der Waals surface area contributed by atoms with Crippen LogP contribution in [0.1, 0.15) is 32.3 Å². The normalized spacial score (nSPS) is 11.4. The summed E-state index contributed by atoms with van der Waals surface area (Å²) >= 11 is 1.99. The molecule has 0 bridgehead atoms. The number of anilines is 1. The summed E-state index contributed by atoms with van der Waals surface area (Å²) in [6.07, 6.45) is 2.26. The molecule has 1 nitrogen and oxygen atoms in total. The number of hydrogen-bond donors (Lipinski definition) is 0. The van der Waals surface area contributed by atoms with E-state index in [-0.39, 0.29) is 4.75 Å². The molecule has 2 rings (SSSR count). The third kappa shape index (κ3) is 3.62. The Balaban J connectivity index is 2.32. The summed E-state index contributed by atoms with van der Waals surface area (Å²) in [6.45, 7) is 4.58. The molecule has 0 N–H and O–H groups in total. The van der Waals surface area contributed by atoms with Gasteiger partial charge in [0.05, 0.1) is 0 Å². The van der Waals surface area contributed by atoms with Gasteiger partial charge in [-0.25, -0.2) is 0 Å². The summed E-state index contributed by atoms with van der Waals surface area (Å²) in [4.78, 5) is 3.49. The van der Waals surface area contributed by atoms with E-state index in [1.807, 2.05) is 11.8 Å². The van der Waals surface area contributed by atoms with Crippen molar-refractivity contribution in [2.45, 2.75) is 36.3 Å². The van der Waals surface area contributed by atoms with E-state index in [0.29, 0.717) is 0 Å². The minimum absolute atomic E-state index is 0.159. The van der Waals surface area contributed by atoms with Gasteiger partial charge < -0.3 is 4.90 Å². The smallest absolute Gasteiger partial charge is 0.0450 e. The van der Waals surface area contributed by atoms with E-state index in [1.54, 1.807) is 0 Å². The molecule has 0 aromatic heterocycles. The number of nitrogens with zero attached hydrogens (tertiary/aromatic N) is 1. The zero-order chi connectivity index (χ0) is 15.3. The topological polar surface area (TPSA) is 3.24 Å². The van der Waals surface area contributed by atoms with Gasteiger partial charge in [-0.05, 0) is 42.7 Å². The minimum atomic E-state index is 0.159. The number of benzene rings is 2. The lowest BCUT2D eigenvalue weighted by Gasteiger charge is -2.32. The van der Waals surface area contributed by atoms with Gasteiger partial charge in [-0.2, -0.15) is 0 Å². The summed E-state index contributed by atoms with van der Waals surface area (Å²) in [5.41, 5.74) is 2.68. The Labute approximate surface area is 133 Å². The first-order valence-corrected chi connectivity index (χ1v) is 8.45. The zero-order valence-electron chi connectivity index (χ0n) is 13.5. The van der Waals surface area contributed by atoms with Crippen LogP contribution in [-0.2, 0) is 4.75 Å². The van der Waals surface area contributed by atoms with E-state index in [4.69, 9.17) is 0 Å². The summed E-state index contributed by atoms with van der Waals surface area (Å²) in [7, 11) is 4.17. The van der Waals surface area contributed by atoms with Crippen molar-refractivity contribution in [2.24, 2.45) is 0 Å². The number of hydrogen-bond acceptors (Lipinski definition) is 2. The molecule has 0 saturated carbocycles. The van der Waals surface area contributed by atoms with Crippen molar-refractivity contribution in [2.75, 3.05) is 19.0 Å². The Morgan fingerprint density at radius 2 is 1.43 bits per heavy atom. The fourth-order valence-electron chi connectivity index (χ4n) is 2.64. The Hall–Kier alpha value is -1.41. The first-order chi connectivity index (χ1) is 10.1. The van der Waals surface area contributed by atoms with Crippen molar-refractivity contribution in [3.63, 3.8) is 0 Å². The third-order valence-corrected chi connectivity index (χ3v) is 5.82. The molecule has 0 aliphatic rings. The molecule has 0 fully saturated rings. The van der Waals surface area contributed by atoms with E-state index >= 15 is 0 Å². The van der Waals surface area contributed by atoms with Gasteiger partial charge in [0.2, 0.25) is 0 Å². The molecule has 2 aromatic rings. The highest BCUT2D eigenvalue weighted by Crippen LogP contribution is 2.46. The van der Waals surface area contributed by atoms with Crippen LogP contribution in [0.15, 0.2) is 59.5 Å². The molecular weight excluding hydrogens is 274 g/mol. The van der Waals surface area contributed by atoms with Gasteiger partial charge in [0, 0.05) is 29.4 Å². The van der Waals surface area contributed by atoms with Crippen molar-refractivity contribution in [1.82, 2.24) is 0 Å². The maximum Gasteiger partial charge on any atom is 0.0450 e. The highest BCUT2D eigenvalue weighted by Gasteiger charge is 2.29. The van der Waals surface area contributed by atoms with Crippen molar-refractivity contribution in [3.8, 4) is 0 Å². The fraction of sp³-hybridized carbons (Fsp3) is 0.368. The first kappa shape index (κ1) is 16.0. The standard InChI is InChI=1S/C19H25NS/c1-5-19(6-2,21-18-10-8-7-9-11-18)16-12-14-17(15-13-16)20(3)4/h7-15H,5-6H2,1-4H3. The average Bonchev–Trinajstić information content (AvgIpc) is 2.54. The lowest BCUT2D eigenvalue weighted by Crippen LogP contribution is -2.20.